The van der Waals surface area contributed by atoms with Crippen LogP contribution in [-0.4, -0.2) is 39.0 Å². The fraction of sp³-hybridized carbons (Fsp3) is 0.294. The van der Waals surface area contributed by atoms with E-state index in [-0.39, 0.29) is 23.7 Å². The summed E-state index contributed by atoms with van der Waals surface area (Å²) in [7, 11) is 0. The van der Waals surface area contributed by atoms with Crippen LogP contribution < -0.4 is 4.90 Å². The minimum Gasteiger partial charge on any atom is -0.507 e. The van der Waals surface area contributed by atoms with Gasteiger partial charge in [0.2, 0.25) is 11.8 Å². The van der Waals surface area contributed by atoms with Gasteiger partial charge in [-0.15, -0.1) is 0 Å². The van der Waals surface area contributed by atoms with Crippen molar-refractivity contribution in [1.29, 1.82) is 0 Å². The summed E-state index contributed by atoms with van der Waals surface area (Å²) >= 11 is 6.32. The second-order valence-electron chi connectivity index (χ2n) is 12.1. The van der Waals surface area contributed by atoms with Gasteiger partial charge in [-0.2, -0.15) is 5.06 Å². The first kappa shape index (κ1) is 27.6. The number of halogens is 1. The van der Waals surface area contributed by atoms with Gasteiger partial charge in [0.05, 0.1) is 28.9 Å². The van der Waals surface area contributed by atoms with Crippen LogP contribution in [0.1, 0.15) is 41.0 Å². The van der Waals surface area contributed by atoms with Gasteiger partial charge in [-0.1, -0.05) is 71.8 Å². The lowest BCUT2D eigenvalue weighted by atomic mass is 9.49. The molecule has 3 fully saturated rings. The second-order valence-corrected chi connectivity index (χ2v) is 12.5. The molecule has 6 atom stereocenters. The number of rotatable bonds is 3. The lowest BCUT2D eigenvalue weighted by Crippen LogP contribution is -2.53. The van der Waals surface area contributed by atoms with Gasteiger partial charge < -0.3 is 5.11 Å². The van der Waals surface area contributed by atoms with Gasteiger partial charge in [0.15, 0.2) is 0 Å². The molecule has 3 aromatic rings. The molecule has 1 saturated carbocycles. The van der Waals surface area contributed by atoms with Crippen molar-refractivity contribution < 1.29 is 29.5 Å². The van der Waals surface area contributed by atoms with E-state index in [0.29, 0.717) is 27.4 Å². The van der Waals surface area contributed by atoms with E-state index >= 15 is 4.79 Å². The number of allylic oxidation sites excluding steroid dienone is 2. The highest BCUT2D eigenvalue weighted by atomic mass is 35.5. The predicted octanol–water partition coefficient (Wildman–Crippen LogP) is 5.21. The van der Waals surface area contributed by atoms with Gasteiger partial charge in [-0.25, -0.2) is 4.90 Å². The number of hydroxylamine groups is 2. The Morgan fingerprint density at radius 3 is 2.23 bits per heavy atom. The fourth-order valence-electron chi connectivity index (χ4n) is 8.26. The number of carbonyl (C=O) groups excluding carboxylic acids is 4. The van der Waals surface area contributed by atoms with Gasteiger partial charge in [-0.3, -0.25) is 24.4 Å². The van der Waals surface area contributed by atoms with Crippen LogP contribution in [0.15, 0.2) is 78.4 Å². The number of hydrogen-bond acceptors (Lipinski definition) is 6. The minimum atomic E-state index is -1.39. The number of phenols is 1. The number of anilines is 1. The SMILES string of the molecule is Cc1cc([C@H]2C3=CC[C@@H]4C(=O)N(O)C(=O)[C@@H]4[C@@H]3C[C@H]3C(=O)N(c4cccc(Cl)c4)C(=O)[C@@]23c2ccccc2)cc(C)c1O. The third-order valence-corrected chi connectivity index (χ3v) is 10.2. The van der Waals surface area contributed by atoms with Crippen molar-refractivity contribution in [2.75, 3.05) is 4.90 Å². The number of fused-ring (bicyclic) bond motifs is 4. The third kappa shape index (κ3) is 3.66. The molecule has 8 nitrogen and oxygen atoms in total. The Balaban J connectivity index is 1.54. The van der Waals surface area contributed by atoms with E-state index in [1.807, 2.05) is 48.5 Å². The molecule has 218 valence electrons. The molecular formula is C34H29ClN2O6. The van der Waals surface area contributed by atoms with Crippen LogP contribution in [0.3, 0.4) is 0 Å². The molecule has 7 rings (SSSR count). The highest BCUT2D eigenvalue weighted by Gasteiger charge is 2.70. The van der Waals surface area contributed by atoms with Gasteiger partial charge in [-0.05, 0) is 73.1 Å². The van der Waals surface area contributed by atoms with Crippen molar-refractivity contribution in [2.45, 2.75) is 38.0 Å². The van der Waals surface area contributed by atoms with Crippen molar-refractivity contribution in [3.8, 4) is 5.75 Å². The predicted molar refractivity (Wildman–Crippen MR) is 157 cm³/mol. The largest absolute Gasteiger partial charge is 0.507 e. The molecule has 2 saturated heterocycles. The Hall–Kier alpha value is -4.27. The summed E-state index contributed by atoms with van der Waals surface area (Å²) in [5, 5.41) is 21.6. The second kappa shape index (κ2) is 9.62. The number of benzene rings is 3. The maximum absolute atomic E-state index is 15.1. The Morgan fingerprint density at radius 2 is 1.56 bits per heavy atom. The highest BCUT2D eigenvalue weighted by molar-refractivity contribution is 6.32. The van der Waals surface area contributed by atoms with E-state index in [1.165, 1.54) is 4.90 Å². The van der Waals surface area contributed by atoms with Gasteiger partial charge in [0.1, 0.15) is 5.75 Å². The average Bonchev–Trinajstić information content (AvgIpc) is 3.36. The van der Waals surface area contributed by atoms with E-state index in [4.69, 9.17) is 11.6 Å². The van der Waals surface area contributed by atoms with Crippen LogP contribution in [0.2, 0.25) is 5.02 Å². The van der Waals surface area contributed by atoms with Crippen molar-refractivity contribution in [2.24, 2.45) is 23.7 Å². The number of aromatic hydroxyl groups is 1. The first-order valence-corrected chi connectivity index (χ1v) is 14.7. The molecule has 9 heteroatoms. The fourth-order valence-corrected chi connectivity index (χ4v) is 8.44. The lowest BCUT2D eigenvalue weighted by molar-refractivity contribution is -0.173. The quantitative estimate of drug-likeness (QED) is 0.244. The number of phenolic OH excluding ortho intramolecular Hbond substituents is 1. The molecule has 2 heterocycles. The molecule has 4 amide bonds. The van der Waals surface area contributed by atoms with Crippen molar-refractivity contribution in [3.05, 3.63) is 106 Å². The molecule has 2 aliphatic heterocycles. The molecule has 3 aromatic carbocycles. The molecule has 0 radical (unpaired) electrons. The monoisotopic (exact) mass is 596 g/mol. The first-order chi connectivity index (χ1) is 20.6. The molecule has 2 N–H and O–H groups in total. The zero-order chi connectivity index (χ0) is 30.4. The Morgan fingerprint density at radius 1 is 0.860 bits per heavy atom. The van der Waals surface area contributed by atoms with Crippen molar-refractivity contribution >= 4 is 40.9 Å². The van der Waals surface area contributed by atoms with Crippen molar-refractivity contribution in [3.63, 3.8) is 0 Å². The number of hydrogen-bond donors (Lipinski definition) is 2. The Labute approximate surface area is 253 Å². The summed E-state index contributed by atoms with van der Waals surface area (Å²) in [4.78, 5) is 57.1. The van der Waals surface area contributed by atoms with Crippen LogP contribution >= 0.6 is 11.6 Å². The summed E-state index contributed by atoms with van der Waals surface area (Å²) in [6.45, 7) is 3.57. The smallest absolute Gasteiger partial charge is 0.257 e. The lowest BCUT2D eigenvalue weighted by Gasteiger charge is -2.50. The van der Waals surface area contributed by atoms with E-state index in [0.717, 1.165) is 11.1 Å². The number of nitrogens with zero attached hydrogens (tertiary/aromatic N) is 2. The topological polar surface area (TPSA) is 115 Å². The van der Waals surface area contributed by atoms with Gasteiger partial charge >= 0.3 is 0 Å². The zero-order valence-electron chi connectivity index (χ0n) is 23.5. The number of aryl methyl sites for hydroxylation is 2. The molecule has 0 spiro atoms. The van der Waals surface area contributed by atoms with Crippen molar-refractivity contribution in [1.82, 2.24) is 5.06 Å². The summed E-state index contributed by atoms with van der Waals surface area (Å²) in [6.07, 6.45) is 2.29. The molecule has 0 aromatic heterocycles. The van der Waals surface area contributed by atoms with Gasteiger partial charge in [0.25, 0.3) is 11.8 Å². The van der Waals surface area contributed by atoms with Gasteiger partial charge in [0, 0.05) is 10.9 Å². The normalized spacial score (nSPS) is 29.9. The Kier molecular flexibility index (Phi) is 6.17. The number of carbonyl (C=O) groups is 4. The summed E-state index contributed by atoms with van der Waals surface area (Å²) in [6, 6.07) is 19.5. The summed E-state index contributed by atoms with van der Waals surface area (Å²) < 4.78 is 0. The average molecular weight is 597 g/mol. The standard InChI is InChI=1S/C34H29ClN2O6/c1-17-13-19(14-18(2)29(17)38)28-23-11-12-24-27(32(41)37(43)30(24)39)25(23)16-26-31(40)36(22-10-6-9-21(35)15-22)33(42)34(26,28)20-7-4-3-5-8-20/h3-11,13-15,24-28,38,43H,12,16H2,1-2H3/t24-,25+,26-,27-,28-,34+/m0/s1. The first-order valence-electron chi connectivity index (χ1n) is 14.3. The molecule has 43 heavy (non-hydrogen) atoms. The summed E-state index contributed by atoms with van der Waals surface area (Å²) in [5.41, 5.74) is 2.37. The highest BCUT2D eigenvalue weighted by Crippen LogP contribution is 2.64. The molecule has 4 aliphatic rings. The van der Waals surface area contributed by atoms with E-state index in [9.17, 15) is 24.7 Å². The van der Waals surface area contributed by atoms with Crippen LogP contribution in [0.5, 0.6) is 5.75 Å². The number of amides is 4. The summed E-state index contributed by atoms with van der Waals surface area (Å²) in [5.74, 6) is -5.75. The maximum atomic E-state index is 15.1. The maximum Gasteiger partial charge on any atom is 0.257 e. The van der Waals surface area contributed by atoms with E-state index < -0.39 is 58.6 Å². The van der Waals surface area contributed by atoms with Crippen LogP contribution in [0.25, 0.3) is 0 Å². The Bertz CT molecular complexity index is 1750. The van der Waals surface area contributed by atoms with Crippen LogP contribution in [0.4, 0.5) is 5.69 Å². The molecule has 0 bridgehead atoms. The minimum absolute atomic E-state index is 0.140. The number of imide groups is 2. The van der Waals surface area contributed by atoms with Crippen LogP contribution in [0, 0.1) is 37.5 Å². The molecule has 2 aliphatic carbocycles. The zero-order valence-corrected chi connectivity index (χ0v) is 24.3. The van der Waals surface area contributed by atoms with E-state index in [2.05, 4.69) is 0 Å². The van der Waals surface area contributed by atoms with E-state index in [1.54, 1.807) is 38.1 Å². The molecular weight excluding hydrogens is 568 g/mol. The third-order valence-electron chi connectivity index (χ3n) is 9.99. The molecule has 0 unspecified atom stereocenters. The van der Waals surface area contributed by atoms with Crippen LogP contribution in [-0.2, 0) is 24.6 Å².